The van der Waals surface area contributed by atoms with Gasteiger partial charge in [-0.15, -0.1) is 11.6 Å². The van der Waals surface area contributed by atoms with Crippen LogP contribution in [-0.2, 0) is 0 Å². The Labute approximate surface area is 122 Å². The van der Waals surface area contributed by atoms with Gasteiger partial charge in [-0.25, -0.2) is 0 Å². The molecule has 2 nitrogen and oxygen atoms in total. The van der Waals surface area contributed by atoms with Gasteiger partial charge >= 0.3 is 0 Å². The lowest BCUT2D eigenvalue weighted by molar-refractivity contribution is 0.0952. The molecule has 0 aliphatic rings. The molecule has 1 N–H and O–H groups in total. The second-order valence-electron chi connectivity index (χ2n) is 4.64. The molecule has 4 heteroatoms. The van der Waals surface area contributed by atoms with E-state index in [0.29, 0.717) is 23.9 Å². The lowest BCUT2D eigenvalue weighted by atomic mass is 10.1. The first-order valence-corrected chi connectivity index (χ1v) is 7.47. The fourth-order valence-corrected chi connectivity index (χ4v) is 2.46. The molecule has 1 rings (SSSR count). The Morgan fingerprint density at radius 1 is 1.50 bits per heavy atom. The number of amides is 1. The third-order valence-electron chi connectivity index (χ3n) is 2.79. The number of alkyl halides is 1. The van der Waals surface area contributed by atoms with Gasteiger partial charge in [0, 0.05) is 16.9 Å². The van der Waals surface area contributed by atoms with E-state index in [1.807, 2.05) is 25.1 Å². The largest absolute Gasteiger partial charge is 0.352 e. The van der Waals surface area contributed by atoms with E-state index in [9.17, 15) is 4.79 Å². The van der Waals surface area contributed by atoms with Gasteiger partial charge in [0.2, 0.25) is 0 Å². The van der Waals surface area contributed by atoms with Crippen LogP contribution in [0.3, 0.4) is 0 Å². The molecule has 1 amide bonds. The van der Waals surface area contributed by atoms with Crippen molar-refractivity contribution in [2.24, 2.45) is 5.92 Å². The summed E-state index contributed by atoms with van der Waals surface area (Å²) in [5, 5.41) is 2.93. The molecule has 0 aliphatic heterocycles. The third-order valence-corrected chi connectivity index (χ3v) is 3.97. The van der Waals surface area contributed by atoms with E-state index in [0.717, 1.165) is 22.9 Å². The lowest BCUT2D eigenvalue weighted by Crippen LogP contribution is -2.25. The third kappa shape index (κ3) is 4.99. The van der Waals surface area contributed by atoms with Gasteiger partial charge in [-0.1, -0.05) is 13.0 Å². The van der Waals surface area contributed by atoms with Crippen molar-refractivity contribution >= 4 is 33.4 Å². The zero-order chi connectivity index (χ0) is 13.5. The van der Waals surface area contributed by atoms with Crippen molar-refractivity contribution in [2.45, 2.75) is 26.7 Å². The van der Waals surface area contributed by atoms with E-state index in [-0.39, 0.29) is 5.91 Å². The average Bonchev–Trinajstić information content (AvgIpc) is 2.34. The Kier molecular flexibility index (Phi) is 6.72. The quantitative estimate of drug-likeness (QED) is 0.615. The van der Waals surface area contributed by atoms with Crippen LogP contribution in [0.5, 0.6) is 0 Å². The van der Waals surface area contributed by atoms with Crippen molar-refractivity contribution in [3.63, 3.8) is 0 Å². The Morgan fingerprint density at radius 3 is 2.83 bits per heavy atom. The van der Waals surface area contributed by atoms with Crippen LogP contribution in [0.4, 0.5) is 0 Å². The summed E-state index contributed by atoms with van der Waals surface area (Å²) in [4.78, 5) is 11.9. The molecule has 0 bridgehead atoms. The van der Waals surface area contributed by atoms with E-state index in [2.05, 4.69) is 28.2 Å². The van der Waals surface area contributed by atoms with Crippen molar-refractivity contribution in [2.75, 3.05) is 12.4 Å². The van der Waals surface area contributed by atoms with Crippen molar-refractivity contribution in [1.82, 2.24) is 5.32 Å². The highest BCUT2D eigenvalue weighted by Crippen LogP contribution is 2.18. The Hall–Kier alpha value is -0.540. The molecule has 0 saturated heterocycles. The van der Waals surface area contributed by atoms with Gasteiger partial charge in [0.1, 0.15) is 0 Å². The second kappa shape index (κ2) is 7.80. The predicted molar refractivity (Wildman–Crippen MR) is 80.3 cm³/mol. The zero-order valence-electron chi connectivity index (χ0n) is 10.8. The van der Waals surface area contributed by atoms with Gasteiger partial charge in [-0.3, -0.25) is 4.79 Å². The van der Waals surface area contributed by atoms with Crippen LogP contribution in [0.1, 0.15) is 35.7 Å². The average molecular weight is 333 g/mol. The van der Waals surface area contributed by atoms with E-state index in [1.54, 1.807) is 0 Å². The summed E-state index contributed by atoms with van der Waals surface area (Å²) in [5.41, 5.74) is 1.82. The number of benzene rings is 1. The van der Waals surface area contributed by atoms with Crippen LogP contribution >= 0.6 is 27.5 Å². The van der Waals surface area contributed by atoms with Gasteiger partial charge in [0.05, 0.1) is 5.56 Å². The Morgan fingerprint density at radius 2 is 2.22 bits per heavy atom. The fraction of sp³-hybridized carbons (Fsp3) is 0.500. The normalized spacial score (nSPS) is 12.2. The van der Waals surface area contributed by atoms with Gasteiger partial charge in [-0.05, 0) is 59.3 Å². The summed E-state index contributed by atoms with van der Waals surface area (Å²) in [7, 11) is 0. The van der Waals surface area contributed by atoms with Crippen molar-refractivity contribution in [1.29, 1.82) is 0 Å². The first-order chi connectivity index (χ1) is 8.54. The van der Waals surface area contributed by atoms with Crippen LogP contribution in [0.15, 0.2) is 22.7 Å². The smallest absolute Gasteiger partial charge is 0.252 e. The summed E-state index contributed by atoms with van der Waals surface area (Å²) in [5.74, 6) is 1.16. The first kappa shape index (κ1) is 15.5. The lowest BCUT2D eigenvalue weighted by Gasteiger charge is -2.09. The number of aryl methyl sites for hydroxylation is 1. The zero-order valence-corrected chi connectivity index (χ0v) is 13.1. The van der Waals surface area contributed by atoms with Crippen LogP contribution < -0.4 is 5.32 Å². The molecule has 0 fully saturated rings. The molecule has 1 aromatic rings. The molecule has 18 heavy (non-hydrogen) atoms. The summed E-state index contributed by atoms with van der Waals surface area (Å²) in [6.07, 6.45) is 2.00. The van der Waals surface area contributed by atoms with E-state index in [4.69, 9.17) is 11.6 Å². The molecule has 1 atom stereocenters. The first-order valence-electron chi connectivity index (χ1n) is 6.15. The monoisotopic (exact) mass is 331 g/mol. The molecule has 0 aromatic heterocycles. The van der Waals surface area contributed by atoms with Gasteiger partial charge in [-0.2, -0.15) is 0 Å². The molecular weight excluding hydrogens is 314 g/mol. The molecule has 0 radical (unpaired) electrons. The summed E-state index contributed by atoms with van der Waals surface area (Å²) >= 11 is 9.14. The highest BCUT2D eigenvalue weighted by Gasteiger charge is 2.09. The fourth-order valence-electron chi connectivity index (χ4n) is 1.63. The molecular formula is C14H19BrClNO. The maximum absolute atomic E-state index is 11.9. The topological polar surface area (TPSA) is 29.1 Å². The molecule has 1 aromatic carbocycles. The molecule has 1 unspecified atom stereocenters. The Bertz CT molecular complexity index is 409. The molecule has 0 spiro atoms. The van der Waals surface area contributed by atoms with E-state index >= 15 is 0 Å². The summed E-state index contributed by atoms with van der Waals surface area (Å²) in [6.45, 7) is 4.81. The minimum Gasteiger partial charge on any atom is -0.352 e. The number of hydrogen-bond donors (Lipinski definition) is 1. The van der Waals surface area contributed by atoms with Crippen molar-refractivity contribution in [3.05, 3.63) is 33.8 Å². The van der Waals surface area contributed by atoms with Crippen molar-refractivity contribution in [3.8, 4) is 0 Å². The van der Waals surface area contributed by atoms with Crippen LogP contribution in [0.25, 0.3) is 0 Å². The number of rotatable bonds is 6. The molecule has 0 saturated carbocycles. The highest BCUT2D eigenvalue weighted by molar-refractivity contribution is 9.10. The number of nitrogens with one attached hydrogen (secondary N) is 1. The van der Waals surface area contributed by atoms with Crippen LogP contribution in [-0.4, -0.2) is 18.3 Å². The predicted octanol–water partition coefficient (Wildman–Crippen LogP) is 4.14. The number of hydrogen-bond acceptors (Lipinski definition) is 1. The summed E-state index contributed by atoms with van der Waals surface area (Å²) < 4.78 is 0.842. The molecule has 100 valence electrons. The van der Waals surface area contributed by atoms with Crippen LogP contribution in [0.2, 0.25) is 0 Å². The minimum absolute atomic E-state index is 0.0274. The number of halogens is 2. The maximum atomic E-state index is 11.9. The highest BCUT2D eigenvalue weighted by atomic mass is 79.9. The van der Waals surface area contributed by atoms with Gasteiger partial charge in [0.25, 0.3) is 5.91 Å². The number of carbonyl (C=O) groups is 1. The van der Waals surface area contributed by atoms with Crippen molar-refractivity contribution < 1.29 is 4.79 Å². The minimum atomic E-state index is -0.0274. The van der Waals surface area contributed by atoms with Crippen LogP contribution in [0, 0.1) is 12.8 Å². The molecule has 0 heterocycles. The van der Waals surface area contributed by atoms with E-state index < -0.39 is 0 Å². The van der Waals surface area contributed by atoms with Gasteiger partial charge < -0.3 is 5.32 Å². The summed E-state index contributed by atoms with van der Waals surface area (Å²) in [6, 6.07) is 5.73. The maximum Gasteiger partial charge on any atom is 0.252 e. The number of carbonyl (C=O) groups excluding carboxylic acids is 1. The van der Waals surface area contributed by atoms with E-state index in [1.165, 1.54) is 0 Å². The Balaban J connectivity index is 2.41. The standard InChI is InChI=1S/C14H19BrClNO/c1-10-5-6-12(13(15)8-10)14(18)17-7-3-4-11(2)9-16/h5-6,8,11H,3-4,7,9H2,1-2H3,(H,17,18). The second-order valence-corrected chi connectivity index (χ2v) is 5.80. The molecule has 0 aliphatic carbocycles. The SMILES string of the molecule is Cc1ccc(C(=O)NCCCC(C)CCl)c(Br)c1. The van der Waals surface area contributed by atoms with Gasteiger partial charge in [0.15, 0.2) is 0 Å².